The number of carbonyl (C=O) groups excluding carboxylic acids is 1. The average molecular weight is 187 g/mol. The highest BCUT2D eigenvalue weighted by Crippen LogP contribution is 2.41. The van der Waals surface area contributed by atoms with E-state index in [4.69, 9.17) is 0 Å². The van der Waals surface area contributed by atoms with Gasteiger partial charge in [0.15, 0.2) is 0 Å². The van der Waals surface area contributed by atoms with E-state index in [1.807, 2.05) is 23.1 Å². The van der Waals surface area contributed by atoms with Crippen LogP contribution < -0.4 is 0 Å². The number of fused-ring (bicyclic) bond motifs is 1. The first-order chi connectivity index (χ1) is 6.79. The van der Waals surface area contributed by atoms with Gasteiger partial charge in [-0.1, -0.05) is 18.2 Å². The van der Waals surface area contributed by atoms with Crippen LogP contribution in [0.5, 0.6) is 0 Å². The van der Waals surface area contributed by atoms with Crippen LogP contribution in [0, 0.1) is 0 Å². The van der Waals surface area contributed by atoms with Gasteiger partial charge < -0.3 is 4.90 Å². The van der Waals surface area contributed by atoms with Gasteiger partial charge in [0, 0.05) is 11.6 Å². The molecule has 1 saturated carbocycles. The molecule has 1 aliphatic carbocycles. The number of benzene rings is 1. The van der Waals surface area contributed by atoms with Gasteiger partial charge in [0.05, 0.1) is 6.04 Å². The van der Waals surface area contributed by atoms with Crippen molar-refractivity contribution in [1.29, 1.82) is 0 Å². The summed E-state index contributed by atoms with van der Waals surface area (Å²) in [5.41, 5.74) is 2.11. The van der Waals surface area contributed by atoms with Crippen LogP contribution in [0.2, 0.25) is 0 Å². The first-order valence-corrected chi connectivity index (χ1v) is 5.20. The lowest BCUT2D eigenvalue weighted by molar-refractivity contribution is 0.0723. The molecule has 1 atom stereocenters. The van der Waals surface area contributed by atoms with Gasteiger partial charge in [-0.3, -0.25) is 4.79 Å². The van der Waals surface area contributed by atoms with E-state index >= 15 is 0 Å². The molecule has 72 valence electrons. The van der Waals surface area contributed by atoms with E-state index in [0.717, 1.165) is 5.56 Å². The average Bonchev–Trinajstić information content (AvgIpc) is 2.99. The Bertz CT molecular complexity index is 395. The molecule has 1 amide bonds. The second-order valence-corrected chi connectivity index (χ2v) is 4.21. The lowest BCUT2D eigenvalue weighted by Crippen LogP contribution is -2.28. The number of carbonyl (C=O) groups is 1. The Kier molecular flexibility index (Phi) is 1.49. The lowest BCUT2D eigenvalue weighted by atomic mass is 10.1. The van der Waals surface area contributed by atoms with Crippen molar-refractivity contribution in [2.75, 3.05) is 0 Å². The number of rotatable bonds is 1. The van der Waals surface area contributed by atoms with Crippen molar-refractivity contribution in [2.24, 2.45) is 0 Å². The standard InChI is InChI=1S/C12H13NO/c1-8-10-4-2-3-5-11(10)12(14)13(8)9-6-7-9/h2-5,8-9H,6-7H2,1H3/t8-/m1/s1. The Labute approximate surface area is 83.5 Å². The third-order valence-corrected chi connectivity index (χ3v) is 3.23. The lowest BCUT2D eigenvalue weighted by Gasteiger charge is -2.21. The van der Waals surface area contributed by atoms with Gasteiger partial charge in [-0.15, -0.1) is 0 Å². The SMILES string of the molecule is C[C@@H]1c2ccccc2C(=O)N1C1CC1. The molecule has 14 heavy (non-hydrogen) atoms. The van der Waals surface area contributed by atoms with Crippen LogP contribution >= 0.6 is 0 Å². The smallest absolute Gasteiger partial charge is 0.254 e. The fourth-order valence-electron chi connectivity index (χ4n) is 2.36. The van der Waals surface area contributed by atoms with Gasteiger partial charge in [0.1, 0.15) is 0 Å². The van der Waals surface area contributed by atoms with Crippen LogP contribution in [0.15, 0.2) is 24.3 Å². The van der Waals surface area contributed by atoms with E-state index in [9.17, 15) is 4.79 Å². The Hall–Kier alpha value is -1.31. The van der Waals surface area contributed by atoms with Crippen LogP contribution in [0.1, 0.15) is 41.7 Å². The zero-order valence-electron chi connectivity index (χ0n) is 8.23. The predicted octanol–water partition coefficient (Wildman–Crippen LogP) is 2.37. The van der Waals surface area contributed by atoms with Crippen molar-refractivity contribution < 1.29 is 4.79 Å². The number of nitrogens with zero attached hydrogens (tertiary/aromatic N) is 1. The molecule has 0 radical (unpaired) electrons. The van der Waals surface area contributed by atoms with Crippen molar-refractivity contribution in [1.82, 2.24) is 4.90 Å². The zero-order valence-corrected chi connectivity index (χ0v) is 8.23. The molecule has 2 aliphatic rings. The fraction of sp³-hybridized carbons (Fsp3) is 0.417. The van der Waals surface area contributed by atoms with Crippen molar-refractivity contribution in [3.63, 3.8) is 0 Å². The highest BCUT2D eigenvalue weighted by molar-refractivity contribution is 5.99. The molecule has 1 aromatic rings. The molecule has 0 N–H and O–H groups in total. The summed E-state index contributed by atoms with van der Waals surface area (Å²) in [5, 5.41) is 0. The minimum absolute atomic E-state index is 0.232. The first kappa shape index (κ1) is 8.04. The van der Waals surface area contributed by atoms with Crippen molar-refractivity contribution in [2.45, 2.75) is 31.8 Å². The summed E-state index contributed by atoms with van der Waals surface area (Å²) in [4.78, 5) is 14.1. The second kappa shape index (κ2) is 2.59. The quantitative estimate of drug-likeness (QED) is 0.661. The third kappa shape index (κ3) is 0.939. The molecule has 1 fully saturated rings. The van der Waals surface area contributed by atoms with Crippen molar-refractivity contribution in [3.05, 3.63) is 35.4 Å². The number of amides is 1. The Morgan fingerprint density at radius 1 is 1.29 bits per heavy atom. The molecule has 1 heterocycles. The fourth-order valence-corrected chi connectivity index (χ4v) is 2.36. The minimum atomic E-state index is 0.232. The normalized spacial score (nSPS) is 25.4. The van der Waals surface area contributed by atoms with Gasteiger partial charge in [-0.2, -0.15) is 0 Å². The molecule has 0 saturated heterocycles. The molecular weight excluding hydrogens is 174 g/mol. The van der Waals surface area contributed by atoms with Crippen LogP contribution in [0.4, 0.5) is 0 Å². The molecule has 1 aromatic carbocycles. The maximum atomic E-state index is 12.0. The van der Waals surface area contributed by atoms with Gasteiger partial charge in [0.2, 0.25) is 0 Å². The highest BCUT2D eigenvalue weighted by atomic mass is 16.2. The molecular formula is C12H13NO. The molecule has 2 heteroatoms. The molecule has 0 aromatic heterocycles. The Balaban J connectivity index is 2.07. The summed E-state index contributed by atoms with van der Waals surface area (Å²) in [6.45, 7) is 2.13. The minimum Gasteiger partial charge on any atom is -0.329 e. The molecule has 0 bridgehead atoms. The van der Waals surface area contributed by atoms with E-state index in [1.165, 1.54) is 18.4 Å². The summed E-state index contributed by atoms with van der Waals surface area (Å²) >= 11 is 0. The van der Waals surface area contributed by atoms with E-state index in [0.29, 0.717) is 6.04 Å². The number of hydrogen-bond acceptors (Lipinski definition) is 1. The zero-order chi connectivity index (χ0) is 9.71. The van der Waals surface area contributed by atoms with Crippen LogP contribution in [0.3, 0.4) is 0 Å². The van der Waals surface area contributed by atoms with Gasteiger partial charge in [0.25, 0.3) is 5.91 Å². The predicted molar refractivity (Wildman–Crippen MR) is 54.0 cm³/mol. The highest BCUT2D eigenvalue weighted by Gasteiger charge is 2.42. The largest absolute Gasteiger partial charge is 0.329 e. The summed E-state index contributed by atoms with van der Waals surface area (Å²) < 4.78 is 0. The van der Waals surface area contributed by atoms with E-state index < -0.39 is 0 Å². The van der Waals surface area contributed by atoms with Crippen LogP contribution in [-0.4, -0.2) is 16.8 Å². The topological polar surface area (TPSA) is 20.3 Å². The Morgan fingerprint density at radius 3 is 2.64 bits per heavy atom. The summed E-state index contributed by atoms with van der Waals surface area (Å²) in [5.74, 6) is 0.232. The number of hydrogen-bond donors (Lipinski definition) is 0. The van der Waals surface area contributed by atoms with Gasteiger partial charge >= 0.3 is 0 Å². The van der Waals surface area contributed by atoms with E-state index in [1.54, 1.807) is 0 Å². The molecule has 1 aliphatic heterocycles. The van der Waals surface area contributed by atoms with Crippen LogP contribution in [0.25, 0.3) is 0 Å². The molecule has 0 spiro atoms. The summed E-state index contributed by atoms with van der Waals surface area (Å²) in [6.07, 6.45) is 2.37. The maximum absolute atomic E-state index is 12.0. The van der Waals surface area contributed by atoms with Gasteiger partial charge in [-0.05, 0) is 31.4 Å². The van der Waals surface area contributed by atoms with Crippen LogP contribution in [-0.2, 0) is 0 Å². The third-order valence-electron chi connectivity index (χ3n) is 3.23. The van der Waals surface area contributed by atoms with E-state index in [2.05, 4.69) is 13.0 Å². The molecule has 3 rings (SSSR count). The van der Waals surface area contributed by atoms with Gasteiger partial charge in [-0.25, -0.2) is 0 Å². The monoisotopic (exact) mass is 187 g/mol. The summed E-state index contributed by atoms with van der Waals surface area (Å²) in [6, 6.07) is 8.77. The van der Waals surface area contributed by atoms with Crippen molar-refractivity contribution >= 4 is 5.91 Å². The molecule has 2 nitrogen and oxygen atoms in total. The second-order valence-electron chi connectivity index (χ2n) is 4.21. The van der Waals surface area contributed by atoms with E-state index in [-0.39, 0.29) is 11.9 Å². The first-order valence-electron chi connectivity index (χ1n) is 5.20. The Morgan fingerprint density at radius 2 is 2.00 bits per heavy atom. The maximum Gasteiger partial charge on any atom is 0.254 e. The molecule has 0 unspecified atom stereocenters. The summed E-state index contributed by atoms with van der Waals surface area (Å²) in [7, 11) is 0. The van der Waals surface area contributed by atoms with Crippen molar-refractivity contribution in [3.8, 4) is 0 Å².